The van der Waals surface area contributed by atoms with E-state index in [0.29, 0.717) is 9.65 Å². The number of rotatable bonds is 5. The minimum Gasteiger partial charge on any atom is -0.423 e. The molecule has 0 unspecified atom stereocenters. The molecule has 18 heavy (non-hydrogen) atoms. The Labute approximate surface area is 112 Å². The van der Waals surface area contributed by atoms with Crippen LogP contribution in [0.3, 0.4) is 0 Å². The SMILES string of the molecule is CC(=O)c1ccc(B(O)OC(C)(C)C(C)(C)O)s1. The molecule has 100 valence electrons. The zero-order valence-electron chi connectivity index (χ0n) is 11.4. The zero-order chi connectivity index (χ0) is 14.1. The number of hydrogen-bond acceptors (Lipinski definition) is 5. The standard InChI is InChI=1S/C12H19BO4S/c1-8(14)9-6-7-10(18-9)13(16)17-12(4,5)11(2,3)15/h6-7,15-16H,1-5H3. The Bertz CT molecular complexity index is 434. The molecule has 0 saturated carbocycles. The lowest BCUT2D eigenvalue weighted by Gasteiger charge is -2.38. The summed E-state index contributed by atoms with van der Waals surface area (Å²) >= 11 is 1.19. The van der Waals surface area contributed by atoms with Crippen LogP contribution >= 0.6 is 11.3 Å². The van der Waals surface area contributed by atoms with Crippen molar-refractivity contribution in [1.82, 2.24) is 0 Å². The van der Waals surface area contributed by atoms with Crippen LogP contribution in [0.2, 0.25) is 0 Å². The van der Waals surface area contributed by atoms with Gasteiger partial charge in [0.1, 0.15) is 0 Å². The molecule has 1 aromatic rings. The molecule has 0 amide bonds. The van der Waals surface area contributed by atoms with Gasteiger partial charge in [-0.15, -0.1) is 11.3 Å². The van der Waals surface area contributed by atoms with Gasteiger partial charge in [-0.2, -0.15) is 0 Å². The molecule has 0 aliphatic heterocycles. The third kappa shape index (κ3) is 3.41. The molecule has 0 radical (unpaired) electrons. The summed E-state index contributed by atoms with van der Waals surface area (Å²) < 4.78 is 6.04. The predicted molar refractivity (Wildman–Crippen MR) is 73.4 cm³/mol. The minimum atomic E-state index is -1.15. The molecule has 0 bridgehead atoms. The molecule has 4 nitrogen and oxygen atoms in total. The Kier molecular flexibility index (Phi) is 4.38. The smallest absolute Gasteiger partial charge is 0.423 e. The van der Waals surface area contributed by atoms with Crippen molar-refractivity contribution in [3.05, 3.63) is 17.0 Å². The third-order valence-corrected chi connectivity index (χ3v) is 4.31. The summed E-state index contributed by atoms with van der Waals surface area (Å²) in [5.41, 5.74) is -2.00. The second kappa shape index (κ2) is 5.13. The topological polar surface area (TPSA) is 66.8 Å². The summed E-state index contributed by atoms with van der Waals surface area (Å²) in [6, 6.07) is 3.32. The van der Waals surface area contributed by atoms with Gasteiger partial charge in [0, 0.05) is 4.78 Å². The molecule has 0 atom stereocenters. The van der Waals surface area contributed by atoms with Crippen LogP contribution in [0.5, 0.6) is 0 Å². The second-order valence-corrected chi connectivity index (χ2v) is 6.41. The molecular weight excluding hydrogens is 251 g/mol. The van der Waals surface area contributed by atoms with Crippen LogP contribution in [0.15, 0.2) is 12.1 Å². The van der Waals surface area contributed by atoms with Crippen molar-refractivity contribution in [1.29, 1.82) is 0 Å². The van der Waals surface area contributed by atoms with Crippen molar-refractivity contribution in [3.8, 4) is 0 Å². The first kappa shape index (κ1) is 15.4. The number of carbonyl (C=O) groups is 1. The fourth-order valence-corrected chi connectivity index (χ4v) is 1.97. The number of thiophene rings is 1. The highest BCUT2D eigenvalue weighted by atomic mass is 32.1. The number of Topliss-reactive ketones (excluding diaryl/α,β-unsaturated/α-hetero) is 1. The Hall–Kier alpha value is -0.685. The van der Waals surface area contributed by atoms with E-state index in [4.69, 9.17) is 4.65 Å². The highest BCUT2D eigenvalue weighted by molar-refractivity contribution is 7.23. The maximum absolute atomic E-state index is 11.2. The van der Waals surface area contributed by atoms with E-state index >= 15 is 0 Å². The summed E-state index contributed by atoms with van der Waals surface area (Å²) in [5, 5.41) is 19.9. The molecule has 0 spiro atoms. The van der Waals surface area contributed by atoms with E-state index in [0.717, 1.165) is 0 Å². The van der Waals surface area contributed by atoms with Crippen molar-refractivity contribution in [2.45, 2.75) is 45.8 Å². The number of carbonyl (C=O) groups excluding carboxylic acids is 1. The molecule has 6 heteroatoms. The fourth-order valence-electron chi connectivity index (χ4n) is 1.16. The molecule has 1 heterocycles. The average Bonchev–Trinajstić information content (AvgIpc) is 2.63. The van der Waals surface area contributed by atoms with Gasteiger partial charge in [0.25, 0.3) is 0 Å². The lowest BCUT2D eigenvalue weighted by atomic mass is 9.82. The lowest BCUT2D eigenvalue weighted by molar-refractivity contribution is -0.0981. The van der Waals surface area contributed by atoms with Gasteiger partial charge in [-0.05, 0) is 40.7 Å². The van der Waals surface area contributed by atoms with Gasteiger partial charge in [-0.3, -0.25) is 4.79 Å². The highest BCUT2D eigenvalue weighted by Crippen LogP contribution is 2.25. The normalized spacial score (nSPS) is 12.6. The van der Waals surface area contributed by atoms with E-state index in [1.165, 1.54) is 18.3 Å². The van der Waals surface area contributed by atoms with E-state index in [1.54, 1.807) is 39.8 Å². The minimum absolute atomic E-state index is 0.0415. The van der Waals surface area contributed by atoms with Crippen LogP contribution in [-0.4, -0.2) is 34.2 Å². The van der Waals surface area contributed by atoms with Gasteiger partial charge in [-0.25, -0.2) is 0 Å². The molecule has 0 aromatic carbocycles. The zero-order valence-corrected chi connectivity index (χ0v) is 12.2. The van der Waals surface area contributed by atoms with Crippen molar-refractivity contribution in [3.63, 3.8) is 0 Å². The first-order chi connectivity index (χ1) is 8.04. The highest BCUT2D eigenvalue weighted by Gasteiger charge is 2.39. The van der Waals surface area contributed by atoms with Gasteiger partial charge in [0.05, 0.1) is 16.1 Å². The molecule has 1 aromatic heterocycles. The lowest BCUT2D eigenvalue weighted by Crippen LogP contribution is -2.52. The van der Waals surface area contributed by atoms with Crippen LogP contribution in [0.1, 0.15) is 44.3 Å². The van der Waals surface area contributed by atoms with E-state index in [-0.39, 0.29) is 5.78 Å². The van der Waals surface area contributed by atoms with Crippen LogP contribution in [0.25, 0.3) is 0 Å². The van der Waals surface area contributed by atoms with Gasteiger partial charge in [-0.1, -0.05) is 6.07 Å². The van der Waals surface area contributed by atoms with Crippen LogP contribution in [-0.2, 0) is 4.65 Å². The Balaban J connectivity index is 2.82. The Morgan fingerprint density at radius 2 is 1.89 bits per heavy atom. The van der Waals surface area contributed by atoms with E-state index in [2.05, 4.69) is 0 Å². The Morgan fingerprint density at radius 1 is 1.33 bits per heavy atom. The molecular formula is C12H19BO4S. The van der Waals surface area contributed by atoms with Gasteiger partial charge in [0.2, 0.25) is 0 Å². The summed E-state index contributed by atoms with van der Waals surface area (Å²) in [6.45, 7) is 8.12. The number of ketones is 1. The van der Waals surface area contributed by atoms with Gasteiger partial charge in [0.15, 0.2) is 5.78 Å². The first-order valence-electron chi connectivity index (χ1n) is 5.73. The van der Waals surface area contributed by atoms with Crippen molar-refractivity contribution in [2.75, 3.05) is 0 Å². The molecule has 0 aliphatic rings. The molecule has 2 N–H and O–H groups in total. The van der Waals surface area contributed by atoms with E-state index in [1.807, 2.05) is 0 Å². The molecule has 1 rings (SSSR count). The summed E-state index contributed by atoms with van der Waals surface area (Å²) in [4.78, 5) is 11.8. The third-order valence-electron chi connectivity index (χ3n) is 3.10. The van der Waals surface area contributed by atoms with Crippen LogP contribution in [0.4, 0.5) is 0 Å². The van der Waals surface area contributed by atoms with Crippen LogP contribution < -0.4 is 4.78 Å². The predicted octanol–water partition coefficient (Wildman–Crippen LogP) is 1.20. The monoisotopic (exact) mass is 270 g/mol. The van der Waals surface area contributed by atoms with E-state index < -0.39 is 18.3 Å². The fraction of sp³-hybridized carbons (Fsp3) is 0.583. The van der Waals surface area contributed by atoms with Crippen molar-refractivity contribution >= 4 is 29.0 Å². The molecule has 0 saturated heterocycles. The molecule has 0 aliphatic carbocycles. The maximum Gasteiger partial charge on any atom is 0.502 e. The number of aliphatic hydroxyl groups is 1. The number of hydrogen-bond donors (Lipinski definition) is 2. The Morgan fingerprint density at radius 3 is 2.28 bits per heavy atom. The summed E-state index contributed by atoms with van der Waals surface area (Å²) in [5.74, 6) is -0.0415. The molecule has 0 fully saturated rings. The van der Waals surface area contributed by atoms with Crippen molar-refractivity contribution in [2.24, 2.45) is 0 Å². The van der Waals surface area contributed by atoms with Gasteiger partial charge >= 0.3 is 7.12 Å². The van der Waals surface area contributed by atoms with E-state index in [9.17, 15) is 14.9 Å². The maximum atomic E-state index is 11.2. The quantitative estimate of drug-likeness (QED) is 0.623. The average molecular weight is 270 g/mol. The first-order valence-corrected chi connectivity index (χ1v) is 6.55. The van der Waals surface area contributed by atoms with Gasteiger partial charge < -0.3 is 14.8 Å². The summed E-state index contributed by atoms with van der Waals surface area (Å²) in [7, 11) is -1.15. The largest absolute Gasteiger partial charge is 0.502 e. The van der Waals surface area contributed by atoms with Crippen molar-refractivity contribution < 1.29 is 19.6 Å². The van der Waals surface area contributed by atoms with Crippen LogP contribution in [0, 0.1) is 0 Å². The second-order valence-electron chi connectivity index (χ2n) is 5.30. The summed E-state index contributed by atoms with van der Waals surface area (Å²) in [6.07, 6.45) is 0.